The van der Waals surface area contributed by atoms with Gasteiger partial charge in [0.1, 0.15) is 5.60 Å². The van der Waals surface area contributed by atoms with E-state index in [0.29, 0.717) is 5.56 Å². The summed E-state index contributed by atoms with van der Waals surface area (Å²) in [4.78, 5) is 12.1. The molecule has 0 fully saturated rings. The second kappa shape index (κ2) is 6.97. The fraction of sp³-hybridized carbons (Fsp3) is 0.348. The Morgan fingerprint density at radius 1 is 0.840 bits per heavy atom. The molecule has 0 saturated carbocycles. The van der Waals surface area contributed by atoms with Gasteiger partial charge in [-0.25, -0.2) is 0 Å². The second-order valence-electron chi connectivity index (χ2n) is 8.19. The monoisotopic (exact) mass is 336 g/mol. The van der Waals surface area contributed by atoms with Crippen molar-refractivity contribution < 1.29 is 9.90 Å². The average Bonchev–Trinajstić information content (AvgIpc) is 2.53. The molecule has 0 amide bonds. The summed E-state index contributed by atoms with van der Waals surface area (Å²) in [6, 6.07) is 16.0. The summed E-state index contributed by atoms with van der Waals surface area (Å²) in [5.41, 5.74) is 3.91. The van der Waals surface area contributed by atoms with Gasteiger partial charge in [-0.15, -0.1) is 0 Å². The molecule has 0 aliphatic rings. The lowest BCUT2D eigenvalue weighted by Gasteiger charge is -2.22. The first-order chi connectivity index (χ1) is 11.5. The minimum absolute atomic E-state index is 0.0599. The Kier molecular flexibility index (Phi) is 5.34. The van der Waals surface area contributed by atoms with Crippen LogP contribution in [0.15, 0.2) is 55.1 Å². The van der Waals surface area contributed by atoms with Crippen LogP contribution < -0.4 is 0 Å². The van der Waals surface area contributed by atoms with Crippen LogP contribution in [0.5, 0.6) is 0 Å². The van der Waals surface area contributed by atoms with Crippen molar-refractivity contribution in [2.24, 2.45) is 5.41 Å². The third-order valence-electron chi connectivity index (χ3n) is 4.39. The first-order valence-corrected chi connectivity index (χ1v) is 8.63. The van der Waals surface area contributed by atoms with Gasteiger partial charge in [0, 0.05) is 5.56 Å². The maximum absolute atomic E-state index is 12.1. The number of hydrogen-bond acceptors (Lipinski definition) is 2. The molecule has 2 nitrogen and oxygen atoms in total. The summed E-state index contributed by atoms with van der Waals surface area (Å²) in [5.74, 6) is -0.260. The van der Waals surface area contributed by atoms with Gasteiger partial charge in [-0.2, -0.15) is 0 Å². The van der Waals surface area contributed by atoms with Crippen LogP contribution >= 0.6 is 0 Å². The summed E-state index contributed by atoms with van der Waals surface area (Å²) in [6.07, 6.45) is 0.805. The van der Waals surface area contributed by atoms with Crippen molar-refractivity contribution in [2.75, 3.05) is 0 Å². The van der Waals surface area contributed by atoms with Gasteiger partial charge in [-0.3, -0.25) is 4.79 Å². The highest BCUT2D eigenvalue weighted by Crippen LogP contribution is 2.32. The van der Waals surface area contributed by atoms with E-state index >= 15 is 0 Å². The topological polar surface area (TPSA) is 37.3 Å². The lowest BCUT2D eigenvalue weighted by molar-refractivity contribution is 0.0488. The molecule has 1 N–H and O–H groups in total. The standard InChI is InChI=1S/C23H28O2/c1-16(22(2,3)4)19-11-7-17(8-12-19)15-18-9-13-20(14-10-18)21(24)23(5,6)25/h7-14,25H,1,15H2,2-6H3. The third-order valence-corrected chi connectivity index (χ3v) is 4.39. The molecule has 0 radical (unpaired) electrons. The number of Topliss-reactive ketones (excluding diaryl/α,β-unsaturated/α-hetero) is 1. The van der Waals surface area contributed by atoms with E-state index in [1.54, 1.807) is 12.1 Å². The van der Waals surface area contributed by atoms with Crippen LogP contribution in [0.2, 0.25) is 0 Å². The summed E-state index contributed by atoms with van der Waals surface area (Å²) < 4.78 is 0. The Bertz CT molecular complexity index is 684. The Balaban J connectivity index is 2.10. The van der Waals surface area contributed by atoms with Gasteiger partial charge < -0.3 is 5.11 Å². The van der Waals surface area contributed by atoms with Gasteiger partial charge in [0.05, 0.1) is 0 Å². The van der Waals surface area contributed by atoms with Gasteiger partial charge in [0.25, 0.3) is 0 Å². The van der Waals surface area contributed by atoms with Crippen molar-refractivity contribution in [3.8, 4) is 0 Å². The van der Waals surface area contributed by atoms with Gasteiger partial charge in [-0.1, -0.05) is 75.9 Å². The largest absolute Gasteiger partial charge is 0.382 e. The quantitative estimate of drug-likeness (QED) is 0.753. The zero-order chi connectivity index (χ0) is 18.8. The molecule has 0 aromatic heterocycles. The van der Waals surface area contributed by atoms with Crippen LogP contribution in [-0.4, -0.2) is 16.5 Å². The number of benzene rings is 2. The number of allylic oxidation sites excluding steroid dienone is 1. The normalized spacial score (nSPS) is 12.1. The van der Waals surface area contributed by atoms with E-state index in [-0.39, 0.29) is 11.2 Å². The van der Waals surface area contributed by atoms with Crippen molar-refractivity contribution in [1.29, 1.82) is 0 Å². The van der Waals surface area contributed by atoms with Gasteiger partial charge in [-0.05, 0) is 47.9 Å². The number of ketones is 1. The fourth-order valence-electron chi connectivity index (χ4n) is 2.62. The number of hydrogen-bond donors (Lipinski definition) is 1. The molecule has 0 aliphatic heterocycles. The van der Waals surface area contributed by atoms with E-state index in [9.17, 15) is 9.90 Å². The Labute approximate surface area is 151 Å². The highest BCUT2D eigenvalue weighted by Gasteiger charge is 2.24. The van der Waals surface area contributed by atoms with Gasteiger partial charge in [0.2, 0.25) is 0 Å². The fourth-order valence-corrected chi connectivity index (χ4v) is 2.62. The molecule has 0 atom stereocenters. The van der Waals surface area contributed by atoms with Crippen LogP contribution in [0.3, 0.4) is 0 Å². The molecule has 2 heteroatoms. The molecule has 2 aromatic rings. The SMILES string of the molecule is C=C(c1ccc(Cc2ccc(C(=O)C(C)(C)O)cc2)cc1)C(C)(C)C. The van der Waals surface area contributed by atoms with Crippen LogP contribution in [0, 0.1) is 5.41 Å². The van der Waals surface area contributed by atoms with Crippen LogP contribution in [0.4, 0.5) is 0 Å². The second-order valence-corrected chi connectivity index (χ2v) is 8.19. The van der Waals surface area contributed by atoms with E-state index in [1.165, 1.54) is 25.0 Å². The predicted octanol–water partition coefficient (Wildman–Crippen LogP) is 5.29. The maximum atomic E-state index is 12.1. The first-order valence-electron chi connectivity index (χ1n) is 8.63. The summed E-state index contributed by atoms with van der Waals surface area (Å²) >= 11 is 0. The first kappa shape index (κ1) is 19.1. The smallest absolute Gasteiger partial charge is 0.193 e. The lowest BCUT2D eigenvalue weighted by Crippen LogP contribution is -2.31. The predicted molar refractivity (Wildman–Crippen MR) is 105 cm³/mol. The van der Waals surface area contributed by atoms with E-state index in [0.717, 1.165) is 17.6 Å². The molecule has 0 heterocycles. The summed E-state index contributed by atoms with van der Waals surface area (Å²) in [6.45, 7) is 13.7. The highest BCUT2D eigenvalue weighted by molar-refractivity contribution is 6.01. The van der Waals surface area contributed by atoms with Crippen molar-refractivity contribution in [2.45, 2.75) is 46.6 Å². The summed E-state index contributed by atoms with van der Waals surface area (Å²) in [7, 11) is 0. The molecule has 0 aliphatic carbocycles. The van der Waals surface area contributed by atoms with E-state index in [2.05, 4.69) is 51.6 Å². The Morgan fingerprint density at radius 2 is 1.24 bits per heavy atom. The zero-order valence-electron chi connectivity index (χ0n) is 15.9. The van der Waals surface area contributed by atoms with E-state index < -0.39 is 5.60 Å². The number of carbonyl (C=O) groups excluding carboxylic acids is 1. The molecule has 25 heavy (non-hydrogen) atoms. The van der Waals surface area contributed by atoms with Crippen LogP contribution in [0.25, 0.3) is 5.57 Å². The van der Waals surface area contributed by atoms with Crippen LogP contribution in [0.1, 0.15) is 61.7 Å². The molecular weight excluding hydrogens is 308 g/mol. The molecule has 0 spiro atoms. The van der Waals surface area contributed by atoms with Crippen molar-refractivity contribution in [3.05, 3.63) is 77.4 Å². The Morgan fingerprint density at radius 3 is 1.60 bits per heavy atom. The average molecular weight is 336 g/mol. The van der Waals surface area contributed by atoms with Crippen molar-refractivity contribution in [3.63, 3.8) is 0 Å². The zero-order valence-corrected chi connectivity index (χ0v) is 15.9. The van der Waals surface area contributed by atoms with Crippen molar-refractivity contribution in [1.82, 2.24) is 0 Å². The molecule has 132 valence electrons. The molecule has 0 unspecified atom stereocenters. The molecule has 0 saturated heterocycles. The van der Waals surface area contributed by atoms with Gasteiger partial charge in [0.15, 0.2) is 5.78 Å². The van der Waals surface area contributed by atoms with Crippen molar-refractivity contribution >= 4 is 11.4 Å². The minimum atomic E-state index is -1.34. The molecule has 2 rings (SSSR count). The molecule has 2 aromatic carbocycles. The van der Waals surface area contributed by atoms with E-state index in [1.807, 2.05) is 12.1 Å². The van der Waals surface area contributed by atoms with E-state index in [4.69, 9.17) is 0 Å². The lowest BCUT2D eigenvalue weighted by atomic mass is 9.83. The number of carbonyl (C=O) groups is 1. The third kappa shape index (κ3) is 4.90. The number of aliphatic hydroxyl groups is 1. The summed E-state index contributed by atoms with van der Waals surface area (Å²) in [5, 5.41) is 9.82. The number of rotatable bonds is 5. The molecule has 0 bridgehead atoms. The minimum Gasteiger partial charge on any atom is -0.382 e. The highest BCUT2D eigenvalue weighted by atomic mass is 16.3. The van der Waals surface area contributed by atoms with Gasteiger partial charge >= 0.3 is 0 Å². The van der Waals surface area contributed by atoms with Crippen LogP contribution in [-0.2, 0) is 6.42 Å². The Hall–Kier alpha value is -2.19. The molecular formula is C23H28O2. The maximum Gasteiger partial charge on any atom is 0.193 e.